The Morgan fingerprint density at radius 2 is 1.75 bits per heavy atom. The van der Waals surface area contributed by atoms with Gasteiger partial charge in [0, 0.05) is 14.8 Å². The highest BCUT2D eigenvalue weighted by Gasteiger charge is 2.13. The van der Waals surface area contributed by atoms with Gasteiger partial charge < -0.3 is 0 Å². The smallest absolute Gasteiger partial charge is 0.0440 e. The standard InChI is InChI=1S/C17H17Br2Cl/c1-12-6-7-15(17(20)8-12)10-13(11-18)9-14-4-2-3-5-16(14)19/h2-8,13H,9-11H2,1H3. The van der Waals surface area contributed by atoms with Gasteiger partial charge in [-0.15, -0.1) is 0 Å². The molecule has 2 aromatic rings. The number of aryl methyl sites for hydroxylation is 1. The van der Waals surface area contributed by atoms with Crippen LogP contribution in [-0.4, -0.2) is 5.33 Å². The molecule has 0 bridgehead atoms. The SMILES string of the molecule is Cc1ccc(CC(CBr)Cc2ccccc2Br)c(Cl)c1. The van der Waals surface area contributed by atoms with Crippen LogP contribution >= 0.6 is 43.5 Å². The molecule has 0 amide bonds. The minimum atomic E-state index is 0.536. The first-order chi connectivity index (χ1) is 9.60. The second kappa shape index (κ2) is 7.63. The molecule has 20 heavy (non-hydrogen) atoms. The summed E-state index contributed by atoms with van der Waals surface area (Å²) in [4.78, 5) is 0. The monoisotopic (exact) mass is 414 g/mol. The number of benzene rings is 2. The van der Waals surface area contributed by atoms with Gasteiger partial charge in [0.05, 0.1) is 0 Å². The molecular weight excluding hydrogens is 399 g/mol. The lowest BCUT2D eigenvalue weighted by Gasteiger charge is -2.16. The van der Waals surface area contributed by atoms with Gasteiger partial charge in [-0.2, -0.15) is 0 Å². The Bertz CT molecular complexity index is 581. The third-order valence-electron chi connectivity index (χ3n) is 3.40. The van der Waals surface area contributed by atoms with Gasteiger partial charge in [0.1, 0.15) is 0 Å². The maximum atomic E-state index is 6.34. The van der Waals surface area contributed by atoms with Crippen molar-refractivity contribution in [2.45, 2.75) is 19.8 Å². The van der Waals surface area contributed by atoms with Crippen LogP contribution in [0.3, 0.4) is 0 Å². The van der Waals surface area contributed by atoms with Crippen molar-refractivity contribution in [3.05, 3.63) is 68.7 Å². The number of rotatable bonds is 5. The summed E-state index contributed by atoms with van der Waals surface area (Å²) in [7, 11) is 0. The Balaban J connectivity index is 2.11. The molecule has 0 aliphatic carbocycles. The first kappa shape index (κ1) is 16.1. The van der Waals surface area contributed by atoms with Gasteiger partial charge in [-0.1, -0.05) is 73.8 Å². The lowest BCUT2D eigenvalue weighted by atomic mass is 9.94. The number of halogens is 3. The Kier molecular flexibility index (Phi) is 6.13. The van der Waals surface area contributed by atoms with Gasteiger partial charge in [0.15, 0.2) is 0 Å². The van der Waals surface area contributed by atoms with E-state index in [1.165, 1.54) is 21.2 Å². The molecular formula is C17H17Br2Cl. The van der Waals surface area contributed by atoms with E-state index in [0.717, 1.165) is 23.2 Å². The fraction of sp³-hybridized carbons (Fsp3) is 0.294. The van der Waals surface area contributed by atoms with Gasteiger partial charge in [-0.3, -0.25) is 0 Å². The molecule has 2 aromatic carbocycles. The van der Waals surface area contributed by atoms with E-state index in [4.69, 9.17) is 11.6 Å². The molecule has 1 atom stereocenters. The van der Waals surface area contributed by atoms with Gasteiger partial charge >= 0.3 is 0 Å². The summed E-state index contributed by atoms with van der Waals surface area (Å²) in [6, 6.07) is 14.7. The lowest BCUT2D eigenvalue weighted by molar-refractivity contribution is 0.590. The first-order valence-corrected chi connectivity index (χ1v) is 8.93. The van der Waals surface area contributed by atoms with Crippen molar-refractivity contribution >= 4 is 43.5 Å². The van der Waals surface area contributed by atoms with E-state index in [2.05, 4.69) is 69.1 Å². The topological polar surface area (TPSA) is 0 Å². The van der Waals surface area contributed by atoms with Crippen molar-refractivity contribution in [1.29, 1.82) is 0 Å². The van der Waals surface area contributed by atoms with Crippen LogP contribution in [0.2, 0.25) is 5.02 Å². The molecule has 0 aromatic heterocycles. The summed E-state index contributed by atoms with van der Waals surface area (Å²) in [5, 5.41) is 1.85. The summed E-state index contributed by atoms with van der Waals surface area (Å²) < 4.78 is 1.18. The highest BCUT2D eigenvalue weighted by molar-refractivity contribution is 9.10. The van der Waals surface area contributed by atoms with E-state index >= 15 is 0 Å². The van der Waals surface area contributed by atoms with Crippen molar-refractivity contribution in [3.63, 3.8) is 0 Å². The van der Waals surface area contributed by atoms with Gasteiger partial charge in [-0.05, 0) is 54.5 Å². The highest BCUT2D eigenvalue weighted by atomic mass is 79.9. The molecule has 0 saturated carbocycles. The van der Waals surface area contributed by atoms with Crippen molar-refractivity contribution in [2.24, 2.45) is 5.92 Å². The van der Waals surface area contributed by atoms with Crippen molar-refractivity contribution in [2.75, 3.05) is 5.33 Å². The van der Waals surface area contributed by atoms with Crippen LogP contribution in [0.15, 0.2) is 46.9 Å². The van der Waals surface area contributed by atoms with Gasteiger partial charge in [0.25, 0.3) is 0 Å². The zero-order valence-electron chi connectivity index (χ0n) is 11.4. The van der Waals surface area contributed by atoms with Crippen LogP contribution < -0.4 is 0 Å². The van der Waals surface area contributed by atoms with Crippen LogP contribution in [0, 0.1) is 12.8 Å². The maximum Gasteiger partial charge on any atom is 0.0440 e. The molecule has 0 saturated heterocycles. The normalized spacial score (nSPS) is 12.4. The van der Waals surface area contributed by atoms with Crippen LogP contribution in [0.25, 0.3) is 0 Å². The molecule has 0 aliphatic rings. The van der Waals surface area contributed by atoms with Crippen LogP contribution in [0.5, 0.6) is 0 Å². The third kappa shape index (κ3) is 4.34. The van der Waals surface area contributed by atoms with Crippen LogP contribution in [0.4, 0.5) is 0 Å². The van der Waals surface area contributed by atoms with E-state index in [9.17, 15) is 0 Å². The average molecular weight is 417 g/mol. The Labute approximate surface area is 142 Å². The fourth-order valence-corrected chi connectivity index (χ4v) is 3.50. The highest BCUT2D eigenvalue weighted by Crippen LogP contribution is 2.26. The molecule has 2 rings (SSSR count). The summed E-state index contributed by atoms with van der Waals surface area (Å²) in [5.74, 6) is 0.536. The van der Waals surface area contributed by atoms with Crippen molar-refractivity contribution < 1.29 is 0 Å². The van der Waals surface area contributed by atoms with Gasteiger partial charge in [0.2, 0.25) is 0 Å². The summed E-state index contributed by atoms with van der Waals surface area (Å²) in [6.45, 7) is 2.07. The van der Waals surface area contributed by atoms with E-state index in [0.29, 0.717) is 5.92 Å². The minimum Gasteiger partial charge on any atom is -0.0925 e. The number of alkyl halides is 1. The average Bonchev–Trinajstić information content (AvgIpc) is 2.43. The predicted molar refractivity (Wildman–Crippen MR) is 95.0 cm³/mol. The Morgan fingerprint density at radius 1 is 1.05 bits per heavy atom. The first-order valence-electron chi connectivity index (χ1n) is 6.64. The number of hydrogen-bond acceptors (Lipinski definition) is 0. The molecule has 3 heteroatoms. The Hall–Kier alpha value is -0.310. The summed E-state index contributed by atoms with van der Waals surface area (Å²) in [5.41, 5.74) is 3.79. The maximum absolute atomic E-state index is 6.34. The predicted octanol–water partition coefficient (Wildman–Crippen LogP) is 6.21. The van der Waals surface area contributed by atoms with Gasteiger partial charge in [-0.25, -0.2) is 0 Å². The number of hydrogen-bond donors (Lipinski definition) is 0. The van der Waals surface area contributed by atoms with E-state index < -0.39 is 0 Å². The zero-order valence-corrected chi connectivity index (χ0v) is 15.3. The van der Waals surface area contributed by atoms with E-state index in [-0.39, 0.29) is 0 Å². The van der Waals surface area contributed by atoms with Crippen molar-refractivity contribution in [1.82, 2.24) is 0 Å². The molecule has 0 N–H and O–H groups in total. The molecule has 0 heterocycles. The largest absolute Gasteiger partial charge is 0.0925 e. The summed E-state index contributed by atoms with van der Waals surface area (Å²) in [6.07, 6.45) is 2.03. The molecule has 1 unspecified atom stereocenters. The molecule has 0 radical (unpaired) electrons. The van der Waals surface area contributed by atoms with Crippen molar-refractivity contribution in [3.8, 4) is 0 Å². The third-order valence-corrected chi connectivity index (χ3v) is 5.44. The second-order valence-corrected chi connectivity index (χ2v) is 7.02. The van der Waals surface area contributed by atoms with Crippen LogP contribution in [0.1, 0.15) is 16.7 Å². The summed E-state index contributed by atoms with van der Waals surface area (Å²) >= 11 is 13.6. The molecule has 106 valence electrons. The quantitative estimate of drug-likeness (QED) is 0.509. The Morgan fingerprint density at radius 3 is 2.40 bits per heavy atom. The molecule has 0 aliphatic heterocycles. The fourth-order valence-electron chi connectivity index (χ4n) is 2.29. The van der Waals surface area contributed by atoms with E-state index in [1.54, 1.807) is 0 Å². The van der Waals surface area contributed by atoms with Crippen LogP contribution in [-0.2, 0) is 12.8 Å². The minimum absolute atomic E-state index is 0.536. The zero-order chi connectivity index (χ0) is 14.5. The lowest BCUT2D eigenvalue weighted by Crippen LogP contribution is -2.10. The molecule has 0 nitrogen and oxygen atoms in total. The van der Waals surface area contributed by atoms with E-state index in [1.807, 2.05) is 12.1 Å². The molecule has 0 spiro atoms. The molecule has 0 fully saturated rings. The second-order valence-electron chi connectivity index (χ2n) is 5.11.